The summed E-state index contributed by atoms with van der Waals surface area (Å²) in [6.45, 7) is 3.97. The number of nitrogens with one attached hydrogen (secondary N) is 1. The molecule has 0 spiro atoms. The number of hydrogen-bond donors (Lipinski definition) is 1. The quantitative estimate of drug-likeness (QED) is 0.619. The third-order valence-electron chi connectivity index (χ3n) is 5.00. The molecule has 0 saturated carbocycles. The van der Waals surface area contributed by atoms with Gasteiger partial charge in [0.1, 0.15) is 12.4 Å². The number of rotatable bonds is 5. The van der Waals surface area contributed by atoms with Gasteiger partial charge in [-0.15, -0.1) is 12.4 Å². The lowest BCUT2D eigenvalue weighted by Gasteiger charge is -2.18. The van der Waals surface area contributed by atoms with Crippen molar-refractivity contribution in [3.8, 4) is 5.75 Å². The molecular weight excluding hydrogens is 376 g/mol. The summed E-state index contributed by atoms with van der Waals surface area (Å²) in [5.41, 5.74) is 2.56. The van der Waals surface area contributed by atoms with Crippen LogP contribution in [0.25, 0.3) is 11.6 Å². The molecule has 0 bridgehead atoms. The Balaban J connectivity index is 0.00000225. The Bertz CT molecular complexity index is 887. The van der Waals surface area contributed by atoms with Crippen molar-refractivity contribution in [2.24, 2.45) is 0 Å². The second-order valence-electron chi connectivity index (χ2n) is 6.85. The van der Waals surface area contributed by atoms with Gasteiger partial charge in [-0.2, -0.15) is 0 Å². The molecule has 1 saturated heterocycles. The molecule has 2 aromatic rings. The van der Waals surface area contributed by atoms with Gasteiger partial charge in [0.25, 0.3) is 11.8 Å². The van der Waals surface area contributed by atoms with Crippen molar-refractivity contribution < 1.29 is 14.3 Å². The van der Waals surface area contributed by atoms with Gasteiger partial charge in [-0.1, -0.05) is 30.3 Å². The van der Waals surface area contributed by atoms with E-state index in [4.69, 9.17) is 4.74 Å². The molecule has 5 nitrogen and oxygen atoms in total. The molecule has 0 radical (unpaired) electrons. The topological polar surface area (TPSA) is 58.6 Å². The summed E-state index contributed by atoms with van der Waals surface area (Å²) in [6, 6.07) is 14.8. The van der Waals surface area contributed by atoms with Gasteiger partial charge in [0, 0.05) is 17.7 Å². The average Bonchev–Trinajstić information content (AvgIpc) is 3.20. The summed E-state index contributed by atoms with van der Waals surface area (Å²) in [5, 5.41) is 2.40. The van der Waals surface area contributed by atoms with E-state index < -0.39 is 0 Å². The molecule has 2 amide bonds. The van der Waals surface area contributed by atoms with Crippen molar-refractivity contribution in [2.75, 3.05) is 26.2 Å². The van der Waals surface area contributed by atoms with Crippen molar-refractivity contribution in [2.45, 2.75) is 12.8 Å². The third kappa shape index (κ3) is 4.43. The van der Waals surface area contributed by atoms with Crippen LogP contribution in [0.5, 0.6) is 5.75 Å². The van der Waals surface area contributed by atoms with Crippen LogP contribution >= 0.6 is 12.4 Å². The Morgan fingerprint density at radius 2 is 1.61 bits per heavy atom. The minimum atomic E-state index is -0.371. The fourth-order valence-corrected chi connectivity index (χ4v) is 3.55. The van der Waals surface area contributed by atoms with Gasteiger partial charge in [-0.05, 0) is 61.3 Å². The Hall–Kier alpha value is -2.63. The first kappa shape index (κ1) is 20.1. The van der Waals surface area contributed by atoms with Gasteiger partial charge in [0.05, 0.1) is 0 Å². The number of nitrogens with zero attached hydrogens (tertiary/aromatic N) is 1. The van der Waals surface area contributed by atoms with Crippen molar-refractivity contribution in [3.05, 3.63) is 65.2 Å². The first-order valence-corrected chi connectivity index (χ1v) is 9.33. The molecule has 2 aromatic carbocycles. The number of carbonyl (C=O) groups excluding carboxylic acids is 2. The van der Waals surface area contributed by atoms with Gasteiger partial charge in [-0.3, -0.25) is 19.8 Å². The number of fused-ring (bicyclic) bond motifs is 1. The fourth-order valence-electron chi connectivity index (χ4n) is 3.55. The number of likely N-dealkylation sites (tertiary alicyclic amines) is 1. The normalized spacial score (nSPS) is 17.8. The van der Waals surface area contributed by atoms with Crippen molar-refractivity contribution in [1.29, 1.82) is 0 Å². The fraction of sp³-hybridized carbons (Fsp3) is 0.273. The first-order valence-electron chi connectivity index (χ1n) is 9.33. The lowest BCUT2D eigenvalue weighted by atomic mass is 9.93. The Morgan fingerprint density at radius 3 is 2.32 bits per heavy atom. The smallest absolute Gasteiger partial charge is 0.258 e. The SMILES string of the molecule is Cl.O=C1NC(=O)c2ccccc2C1=Cc1ccc(OCCN2CCCC2)cc1. The maximum Gasteiger partial charge on any atom is 0.258 e. The summed E-state index contributed by atoms with van der Waals surface area (Å²) in [4.78, 5) is 26.6. The molecule has 0 unspecified atom stereocenters. The van der Waals surface area contributed by atoms with Crippen LogP contribution < -0.4 is 10.1 Å². The summed E-state index contributed by atoms with van der Waals surface area (Å²) in [6.07, 6.45) is 4.37. The molecule has 2 aliphatic heterocycles. The lowest BCUT2D eigenvalue weighted by Crippen LogP contribution is -2.36. The number of hydrogen-bond acceptors (Lipinski definition) is 4. The second-order valence-corrected chi connectivity index (χ2v) is 6.85. The molecule has 0 aliphatic carbocycles. The summed E-state index contributed by atoms with van der Waals surface area (Å²) in [5.74, 6) is 0.0964. The van der Waals surface area contributed by atoms with Crippen LogP contribution in [0.15, 0.2) is 48.5 Å². The number of ether oxygens (including phenoxy) is 1. The molecule has 0 atom stereocenters. The van der Waals surface area contributed by atoms with Crippen LogP contribution in [-0.4, -0.2) is 43.0 Å². The molecule has 1 N–H and O–H groups in total. The number of carbonyl (C=O) groups is 2. The highest BCUT2D eigenvalue weighted by atomic mass is 35.5. The molecule has 2 aliphatic rings. The van der Waals surface area contributed by atoms with E-state index in [9.17, 15) is 9.59 Å². The van der Waals surface area contributed by atoms with E-state index in [2.05, 4.69) is 10.2 Å². The van der Waals surface area contributed by atoms with Crippen LogP contribution in [0.4, 0.5) is 0 Å². The van der Waals surface area contributed by atoms with E-state index in [-0.39, 0.29) is 24.2 Å². The summed E-state index contributed by atoms with van der Waals surface area (Å²) >= 11 is 0. The number of benzene rings is 2. The zero-order valence-electron chi connectivity index (χ0n) is 15.5. The minimum absolute atomic E-state index is 0. The Morgan fingerprint density at radius 1 is 0.929 bits per heavy atom. The lowest BCUT2D eigenvalue weighted by molar-refractivity contribution is -0.114. The first-order chi connectivity index (χ1) is 13.2. The van der Waals surface area contributed by atoms with Gasteiger partial charge < -0.3 is 4.74 Å². The van der Waals surface area contributed by atoms with E-state index in [0.29, 0.717) is 23.3 Å². The molecular formula is C22H23ClN2O3. The predicted octanol–water partition coefficient (Wildman–Crippen LogP) is 3.39. The Labute approximate surface area is 170 Å². The molecule has 146 valence electrons. The summed E-state index contributed by atoms with van der Waals surface area (Å²) < 4.78 is 5.82. The van der Waals surface area contributed by atoms with E-state index in [1.54, 1.807) is 24.3 Å². The van der Waals surface area contributed by atoms with Gasteiger partial charge >= 0.3 is 0 Å². The van der Waals surface area contributed by atoms with E-state index >= 15 is 0 Å². The van der Waals surface area contributed by atoms with Gasteiger partial charge in [0.2, 0.25) is 0 Å². The number of amides is 2. The third-order valence-corrected chi connectivity index (χ3v) is 5.00. The molecule has 4 rings (SSSR count). The van der Waals surface area contributed by atoms with Crippen LogP contribution in [0.1, 0.15) is 34.3 Å². The summed E-state index contributed by atoms with van der Waals surface area (Å²) in [7, 11) is 0. The second kappa shape index (κ2) is 9.04. The Kier molecular flexibility index (Phi) is 6.49. The zero-order chi connectivity index (χ0) is 18.6. The van der Waals surface area contributed by atoms with E-state index in [1.165, 1.54) is 25.9 Å². The van der Waals surface area contributed by atoms with Crippen molar-refractivity contribution >= 4 is 35.9 Å². The number of imide groups is 1. The number of halogens is 1. The van der Waals surface area contributed by atoms with Crippen LogP contribution in [-0.2, 0) is 4.79 Å². The predicted molar refractivity (Wildman–Crippen MR) is 112 cm³/mol. The highest BCUT2D eigenvalue weighted by Crippen LogP contribution is 2.26. The monoisotopic (exact) mass is 398 g/mol. The maximum absolute atomic E-state index is 12.3. The largest absolute Gasteiger partial charge is 0.492 e. The molecule has 6 heteroatoms. The van der Waals surface area contributed by atoms with Crippen LogP contribution in [0, 0.1) is 0 Å². The minimum Gasteiger partial charge on any atom is -0.492 e. The standard InChI is InChI=1S/C22H22N2O3.ClH/c25-21-19-6-2-1-5-18(19)20(22(26)23-21)15-16-7-9-17(10-8-16)27-14-13-24-11-3-4-12-24;/h1-2,5-10,15H,3-4,11-14H2,(H,23,25,26);1H. The van der Waals surface area contributed by atoms with E-state index in [1.807, 2.05) is 30.3 Å². The van der Waals surface area contributed by atoms with Gasteiger partial charge in [-0.25, -0.2) is 0 Å². The molecule has 28 heavy (non-hydrogen) atoms. The average molecular weight is 399 g/mol. The van der Waals surface area contributed by atoms with Crippen molar-refractivity contribution in [1.82, 2.24) is 10.2 Å². The molecule has 2 heterocycles. The van der Waals surface area contributed by atoms with Gasteiger partial charge in [0.15, 0.2) is 0 Å². The maximum atomic E-state index is 12.3. The molecule has 0 aromatic heterocycles. The van der Waals surface area contributed by atoms with Crippen LogP contribution in [0.3, 0.4) is 0 Å². The van der Waals surface area contributed by atoms with Crippen molar-refractivity contribution in [3.63, 3.8) is 0 Å². The van der Waals surface area contributed by atoms with E-state index in [0.717, 1.165) is 17.9 Å². The highest BCUT2D eigenvalue weighted by Gasteiger charge is 2.26. The van der Waals surface area contributed by atoms with Crippen LogP contribution in [0.2, 0.25) is 0 Å². The highest BCUT2D eigenvalue weighted by molar-refractivity contribution is 6.33. The zero-order valence-corrected chi connectivity index (χ0v) is 16.3. The molecule has 1 fully saturated rings.